The zero-order chi connectivity index (χ0) is 46.3. The van der Waals surface area contributed by atoms with Crippen molar-refractivity contribution in [2.24, 2.45) is 0 Å². The summed E-state index contributed by atoms with van der Waals surface area (Å²) in [4.78, 5) is 4.34. The van der Waals surface area contributed by atoms with Crippen LogP contribution >= 0.6 is 23.2 Å². The predicted octanol–water partition coefficient (Wildman–Crippen LogP) is 15.9. The molecule has 0 saturated carbocycles. The van der Waals surface area contributed by atoms with Crippen molar-refractivity contribution in [3.63, 3.8) is 0 Å². The van der Waals surface area contributed by atoms with E-state index in [0.717, 1.165) is 27.6 Å². The first-order chi connectivity index (χ1) is 27.4. The number of nitrogens with zero attached hydrogens (tertiary/aromatic N) is 1. The number of hydrogen-bond donors (Lipinski definition) is 0. The summed E-state index contributed by atoms with van der Waals surface area (Å²) < 4.78 is 40.9. The van der Waals surface area contributed by atoms with Gasteiger partial charge in [0.25, 0.3) is 0 Å². The number of halogens is 4. The molecule has 60 heavy (non-hydrogen) atoms. The highest BCUT2D eigenvalue weighted by Gasteiger charge is 2.18. The van der Waals surface area contributed by atoms with Gasteiger partial charge in [-0.15, -0.1) is 0 Å². The fraction of sp³-hybridized carbons (Fsp3) is 0.442. The average molecular weight is 867 g/mol. The molecule has 4 nitrogen and oxygen atoms in total. The molecule has 0 spiro atoms. The molecule has 1 aromatic heterocycles. The molecular formula is C52H71Cl2F2NO3. The third-order valence-corrected chi connectivity index (χ3v) is 9.66. The minimum atomic E-state index is -0.357. The van der Waals surface area contributed by atoms with Crippen LogP contribution < -0.4 is 14.2 Å². The highest BCUT2D eigenvalue weighted by Crippen LogP contribution is 2.29. The molecule has 0 atom stereocenters. The van der Waals surface area contributed by atoms with E-state index in [-0.39, 0.29) is 43.7 Å². The zero-order valence-corrected chi connectivity index (χ0v) is 41.0. The van der Waals surface area contributed by atoms with Crippen molar-refractivity contribution in [2.45, 2.75) is 131 Å². The molecule has 0 fully saturated rings. The fourth-order valence-electron chi connectivity index (χ4n) is 5.08. The number of rotatable bonds is 3. The van der Waals surface area contributed by atoms with E-state index in [0.29, 0.717) is 11.6 Å². The molecule has 5 aromatic rings. The molecule has 0 amide bonds. The molecule has 0 aliphatic heterocycles. The van der Waals surface area contributed by atoms with Crippen LogP contribution in [0.15, 0.2) is 103 Å². The summed E-state index contributed by atoms with van der Waals surface area (Å²) in [6.45, 7) is 32.0. The highest BCUT2D eigenvalue weighted by molar-refractivity contribution is 6.31. The first-order valence-electron chi connectivity index (χ1n) is 20.2. The van der Waals surface area contributed by atoms with Gasteiger partial charge in [0.05, 0.1) is 26.4 Å². The molecule has 0 aliphatic carbocycles. The predicted molar refractivity (Wildman–Crippen MR) is 253 cm³/mol. The number of aromatic nitrogens is 1. The molecule has 0 saturated heterocycles. The maximum atomic E-state index is 13.0. The normalized spacial score (nSPS) is 11.5. The maximum Gasteiger partial charge on any atom is 0.213 e. The lowest BCUT2D eigenvalue weighted by Gasteiger charge is -2.19. The number of hydrogen-bond acceptors (Lipinski definition) is 4. The van der Waals surface area contributed by atoms with Crippen molar-refractivity contribution in [1.82, 2.24) is 4.98 Å². The first-order valence-corrected chi connectivity index (χ1v) is 20.9. The van der Waals surface area contributed by atoms with Gasteiger partial charge in [0.15, 0.2) is 11.6 Å². The van der Waals surface area contributed by atoms with Crippen molar-refractivity contribution < 1.29 is 23.0 Å². The molecule has 1 heterocycles. The number of ether oxygens (including phenoxy) is 3. The van der Waals surface area contributed by atoms with Crippen LogP contribution in [0.25, 0.3) is 0 Å². The second-order valence-corrected chi connectivity index (χ2v) is 20.4. The van der Waals surface area contributed by atoms with E-state index < -0.39 is 0 Å². The monoisotopic (exact) mass is 865 g/mol. The first kappa shape index (κ1) is 53.9. The van der Waals surface area contributed by atoms with Gasteiger partial charge in [0.1, 0.15) is 11.6 Å². The summed E-state index contributed by atoms with van der Waals surface area (Å²) in [5.74, 6) is 1.26. The lowest BCUT2D eigenvalue weighted by atomic mass is 9.87. The van der Waals surface area contributed by atoms with E-state index >= 15 is 0 Å². The Hall–Kier alpha value is -4.13. The SMILES string of the molecule is CC(C)(C)c1ccc(F)c(Cl)c1.CC(C)(C)c1cccc(Cl)c1.COc1cc(C(C)(C)C)ccc1F.COc1cccc(C(C)(C)C)c1.COc1cccc(C(C)(C)C)n1. The molecule has 0 unspecified atom stereocenters. The third-order valence-electron chi connectivity index (χ3n) is 9.13. The van der Waals surface area contributed by atoms with Gasteiger partial charge in [-0.3, -0.25) is 0 Å². The summed E-state index contributed by atoms with van der Waals surface area (Å²) in [6.07, 6.45) is 0. The van der Waals surface area contributed by atoms with Gasteiger partial charge in [-0.05, 0) is 98.5 Å². The highest BCUT2D eigenvalue weighted by atomic mass is 35.5. The molecule has 0 radical (unpaired) electrons. The summed E-state index contributed by atoms with van der Waals surface area (Å²) in [6, 6.07) is 31.9. The molecule has 0 bridgehead atoms. The van der Waals surface area contributed by atoms with Crippen LogP contribution in [0.2, 0.25) is 10.0 Å². The van der Waals surface area contributed by atoms with Gasteiger partial charge in [-0.1, -0.05) is 170 Å². The third kappa shape index (κ3) is 19.5. The van der Waals surface area contributed by atoms with Crippen molar-refractivity contribution in [2.75, 3.05) is 21.3 Å². The Kier molecular flexibility index (Phi) is 20.8. The summed E-state index contributed by atoms with van der Waals surface area (Å²) in [5, 5.41) is 1.01. The second-order valence-electron chi connectivity index (χ2n) is 19.5. The van der Waals surface area contributed by atoms with E-state index in [2.05, 4.69) is 127 Å². The molecule has 8 heteroatoms. The van der Waals surface area contributed by atoms with Crippen molar-refractivity contribution in [3.05, 3.63) is 153 Å². The van der Waals surface area contributed by atoms with Gasteiger partial charge in [-0.2, -0.15) is 0 Å². The zero-order valence-electron chi connectivity index (χ0n) is 39.5. The van der Waals surface area contributed by atoms with E-state index in [9.17, 15) is 8.78 Å². The van der Waals surface area contributed by atoms with Crippen molar-refractivity contribution in [3.8, 4) is 17.4 Å². The largest absolute Gasteiger partial charge is 0.497 e. The number of pyridine rings is 1. The smallest absolute Gasteiger partial charge is 0.213 e. The van der Waals surface area contributed by atoms with Crippen LogP contribution in [-0.2, 0) is 27.1 Å². The molecule has 4 aromatic carbocycles. The van der Waals surface area contributed by atoms with Gasteiger partial charge in [0.2, 0.25) is 5.88 Å². The Morgan fingerprint density at radius 3 is 1.30 bits per heavy atom. The van der Waals surface area contributed by atoms with Gasteiger partial charge in [0, 0.05) is 22.2 Å². The second kappa shape index (κ2) is 23.2. The van der Waals surface area contributed by atoms with Crippen molar-refractivity contribution >= 4 is 23.2 Å². The topological polar surface area (TPSA) is 40.6 Å². The molecule has 0 N–H and O–H groups in total. The summed E-state index contributed by atoms with van der Waals surface area (Å²) in [7, 11) is 4.81. The van der Waals surface area contributed by atoms with Gasteiger partial charge < -0.3 is 14.2 Å². The number of methoxy groups -OCH3 is 3. The Morgan fingerprint density at radius 2 is 0.883 bits per heavy atom. The van der Waals surface area contributed by atoms with Crippen LogP contribution in [0, 0.1) is 11.6 Å². The lowest BCUT2D eigenvalue weighted by Crippen LogP contribution is -2.13. The molecular weight excluding hydrogens is 795 g/mol. The van der Waals surface area contributed by atoms with Crippen LogP contribution in [0.1, 0.15) is 132 Å². The minimum absolute atomic E-state index is 0.0251. The Labute approximate surface area is 372 Å². The van der Waals surface area contributed by atoms with Crippen LogP contribution in [0.3, 0.4) is 0 Å². The van der Waals surface area contributed by atoms with Crippen LogP contribution in [0.4, 0.5) is 8.78 Å². The quantitative estimate of drug-likeness (QED) is 0.181. The summed E-state index contributed by atoms with van der Waals surface area (Å²) >= 11 is 11.5. The Morgan fingerprint density at radius 1 is 0.433 bits per heavy atom. The van der Waals surface area contributed by atoms with E-state index in [1.54, 1.807) is 38.5 Å². The van der Waals surface area contributed by atoms with E-state index in [1.165, 1.54) is 30.4 Å². The van der Waals surface area contributed by atoms with Crippen molar-refractivity contribution in [1.29, 1.82) is 0 Å². The number of benzene rings is 4. The maximum absolute atomic E-state index is 13.0. The van der Waals surface area contributed by atoms with Crippen LogP contribution in [-0.4, -0.2) is 26.3 Å². The van der Waals surface area contributed by atoms with Gasteiger partial charge in [-0.25, -0.2) is 13.8 Å². The molecule has 330 valence electrons. The fourth-order valence-corrected chi connectivity index (χ4v) is 5.45. The standard InChI is InChI=1S/C11H15FO.C11H16O.C10H12ClF.C10H13Cl.C10H15NO/c1-11(2,3)8-5-6-9(12)10(7-8)13-4;1-11(2,3)9-6-5-7-10(8-9)12-4;1-10(2,3)7-4-5-9(12)8(11)6-7;1-10(2,3)8-5-4-6-9(11)7-8;1-10(2,3)8-6-5-7-9(11-8)12-4/h5-7H,1-4H3;5-8H,1-4H3;4-6H,1-3H3;4-7H,1-3H3;5-7H,1-4H3. The Balaban J connectivity index is 0.000000375. The molecule has 0 aliphatic rings. The lowest BCUT2D eigenvalue weighted by molar-refractivity contribution is 0.384. The average Bonchev–Trinajstić information content (AvgIpc) is 3.15. The Bertz CT molecular complexity index is 1990. The van der Waals surface area contributed by atoms with Crippen LogP contribution in [0.5, 0.6) is 17.4 Å². The minimum Gasteiger partial charge on any atom is -0.497 e. The van der Waals surface area contributed by atoms with E-state index in [1.807, 2.05) is 48.5 Å². The summed E-state index contributed by atoms with van der Waals surface area (Å²) in [5.41, 5.74) is 6.32. The van der Waals surface area contributed by atoms with E-state index in [4.69, 9.17) is 37.4 Å². The van der Waals surface area contributed by atoms with Gasteiger partial charge >= 0.3 is 0 Å². The molecule has 5 rings (SSSR count).